The molecular formula is C18H21ClN2O6. The maximum Gasteiger partial charge on any atom is 0.275 e. The van der Waals surface area contributed by atoms with E-state index in [1.807, 2.05) is 0 Å². The van der Waals surface area contributed by atoms with E-state index >= 15 is 0 Å². The normalized spacial score (nSPS) is 16.8. The zero-order valence-corrected chi connectivity index (χ0v) is 15.9. The molecular weight excluding hydrogens is 376 g/mol. The van der Waals surface area contributed by atoms with Crippen LogP contribution >= 0.6 is 11.6 Å². The molecule has 0 radical (unpaired) electrons. The lowest BCUT2D eigenvalue weighted by Crippen LogP contribution is -2.40. The molecule has 1 amide bonds. The molecule has 0 spiro atoms. The van der Waals surface area contributed by atoms with Gasteiger partial charge in [0.25, 0.3) is 5.91 Å². The van der Waals surface area contributed by atoms with E-state index in [1.165, 1.54) is 4.90 Å². The Morgan fingerprint density at radius 3 is 2.93 bits per heavy atom. The van der Waals surface area contributed by atoms with Gasteiger partial charge >= 0.3 is 0 Å². The van der Waals surface area contributed by atoms with Gasteiger partial charge < -0.3 is 28.4 Å². The summed E-state index contributed by atoms with van der Waals surface area (Å²) in [4.78, 5) is 14.0. The Balaban J connectivity index is 1.55. The van der Waals surface area contributed by atoms with Crippen molar-refractivity contribution in [1.29, 1.82) is 0 Å². The number of nitrogens with zero attached hydrogens (tertiary/aromatic N) is 2. The van der Waals surface area contributed by atoms with Crippen LogP contribution in [0.25, 0.3) is 0 Å². The maximum atomic E-state index is 12.5. The van der Waals surface area contributed by atoms with E-state index in [9.17, 15) is 4.79 Å². The number of benzene rings is 1. The predicted octanol–water partition coefficient (Wildman–Crippen LogP) is 2.40. The smallest absolute Gasteiger partial charge is 0.275 e. The van der Waals surface area contributed by atoms with E-state index in [0.717, 1.165) is 0 Å². The van der Waals surface area contributed by atoms with E-state index in [-0.39, 0.29) is 24.3 Å². The number of aromatic nitrogens is 1. The third-order valence-electron chi connectivity index (χ3n) is 4.00. The second kappa shape index (κ2) is 9.07. The molecule has 1 saturated heterocycles. The van der Waals surface area contributed by atoms with Crippen LogP contribution in [-0.4, -0.2) is 62.6 Å². The van der Waals surface area contributed by atoms with Crippen molar-refractivity contribution in [3.05, 3.63) is 40.7 Å². The zero-order chi connectivity index (χ0) is 19.2. The predicted molar refractivity (Wildman–Crippen MR) is 96.4 cm³/mol. The molecule has 0 aliphatic carbocycles. The van der Waals surface area contributed by atoms with Gasteiger partial charge in [-0.1, -0.05) is 16.8 Å². The lowest BCUT2D eigenvalue weighted by Gasteiger charge is -2.27. The highest BCUT2D eigenvalue weighted by atomic mass is 35.5. The van der Waals surface area contributed by atoms with Gasteiger partial charge in [0, 0.05) is 25.7 Å². The van der Waals surface area contributed by atoms with Gasteiger partial charge in [0.05, 0.1) is 38.1 Å². The second-order valence-corrected chi connectivity index (χ2v) is 6.42. The Hall–Kier alpha value is -2.29. The molecule has 9 heteroatoms. The molecule has 0 bridgehead atoms. The van der Waals surface area contributed by atoms with Crippen molar-refractivity contribution in [3.8, 4) is 11.5 Å². The fourth-order valence-electron chi connectivity index (χ4n) is 2.58. The van der Waals surface area contributed by atoms with E-state index in [0.29, 0.717) is 48.6 Å². The van der Waals surface area contributed by atoms with E-state index < -0.39 is 0 Å². The minimum Gasteiger partial charge on any atom is -0.497 e. The Labute approximate surface area is 161 Å². The molecule has 1 aromatic carbocycles. The molecule has 3 rings (SSSR count). The molecule has 1 atom stereocenters. The van der Waals surface area contributed by atoms with Gasteiger partial charge in [-0.2, -0.15) is 0 Å². The summed E-state index contributed by atoms with van der Waals surface area (Å²) in [5.41, 5.74) is 0.202. The first-order valence-electron chi connectivity index (χ1n) is 8.43. The maximum absolute atomic E-state index is 12.5. The molecule has 0 N–H and O–H groups in total. The Morgan fingerprint density at radius 1 is 1.37 bits per heavy atom. The number of amides is 1. The van der Waals surface area contributed by atoms with Crippen LogP contribution in [0.15, 0.2) is 28.8 Å². The number of hydrogen-bond donors (Lipinski definition) is 0. The van der Waals surface area contributed by atoms with Crippen LogP contribution in [0.3, 0.4) is 0 Å². The number of hydrogen-bond acceptors (Lipinski definition) is 7. The zero-order valence-electron chi connectivity index (χ0n) is 15.1. The van der Waals surface area contributed by atoms with Gasteiger partial charge in [-0.25, -0.2) is 0 Å². The fourth-order valence-corrected chi connectivity index (χ4v) is 2.81. The molecule has 27 heavy (non-hydrogen) atoms. The van der Waals surface area contributed by atoms with Crippen molar-refractivity contribution in [1.82, 2.24) is 10.1 Å². The molecule has 1 aliphatic heterocycles. The lowest BCUT2D eigenvalue weighted by atomic mass is 10.3. The first-order valence-corrected chi connectivity index (χ1v) is 8.81. The average molecular weight is 397 g/mol. The summed E-state index contributed by atoms with van der Waals surface area (Å²) >= 11 is 6.13. The van der Waals surface area contributed by atoms with Crippen molar-refractivity contribution < 1.29 is 28.3 Å². The van der Waals surface area contributed by atoms with Gasteiger partial charge in [0.1, 0.15) is 18.1 Å². The number of ether oxygens (including phenoxy) is 4. The van der Waals surface area contributed by atoms with Crippen LogP contribution in [0.2, 0.25) is 5.02 Å². The summed E-state index contributed by atoms with van der Waals surface area (Å²) in [5.74, 6) is 1.26. The summed E-state index contributed by atoms with van der Waals surface area (Å²) < 4.78 is 26.8. The molecule has 8 nitrogen and oxygen atoms in total. The summed E-state index contributed by atoms with van der Waals surface area (Å²) in [5, 5.41) is 4.24. The van der Waals surface area contributed by atoms with Crippen molar-refractivity contribution in [2.75, 3.05) is 40.5 Å². The number of methoxy groups -OCH3 is 1. The quantitative estimate of drug-likeness (QED) is 0.710. The van der Waals surface area contributed by atoms with Crippen molar-refractivity contribution >= 4 is 17.5 Å². The topological polar surface area (TPSA) is 83.3 Å². The van der Waals surface area contributed by atoms with Gasteiger partial charge in [-0.3, -0.25) is 4.79 Å². The third-order valence-corrected chi connectivity index (χ3v) is 4.29. The van der Waals surface area contributed by atoms with Crippen LogP contribution in [0.5, 0.6) is 11.5 Å². The van der Waals surface area contributed by atoms with Crippen LogP contribution < -0.4 is 9.47 Å². The largest absolute Gasteiger partial charge is 0.497 e. The van der Waals surface area contributed by atoms with Crippen LogP contribution in [0, 0.1) is 0 Å². The first-order chi connectivity index (χ1) is 13.1. The van der Waals surface area contributed by atoms with Gasteiger partial charge in [-0.05, 0) is 12.1 Å². The summed E-state index contributed by atoms with van der Waals surface area (Å²) in [7, 11) is 3.24. The average Bonchev–Trinajstić information content (AvgIpc) is 3.16. The van der Waals surface area contributed by atoms with Gasteiger partial charge in [0.2, 0.25) is 0 Å². The van der Waals surface area contributed by atoms with E-state index in [4.69, 9.17) is 35.1 Å². The molecule has 1 unspecified atom stereocenters. The standard InChI is InChI=1S/C18H21ClN2O6/c1-21(9-14-10-24-5-6-25-14)18(22)16-8-13(27-20-16)11-26-17-4-3-12(23-2)7-15(17)19/h3-4,7-8,14H,5-6,9-11H2,1-2H3. The lowest BCUT2D eigenvalue weighted by molar-refractivity contribution is -0.0934. The first kappa shape index (κ1) is 19.5. The van der Waals surface area contributed by atoms with E-state index in [2.05, 4.69) is 5.16 Å². The fraction of sp³-hybridized carbons (Fsp3) is 0.444. The van der Waals surface area contributed by atoms with Crippen LogP contribution in [-0.2, 0) is 16.1 Å². The van der Waals surface area contributed by atoms with E-state index in [1.54, 1.807) is 38.4 Å². The summed E-state index contributed by atoms with van der Waals surface area (Å²) in [6, 6.07) is 6.64. The molecule has 0 saturated carbocycles. The monoisotopic (exact) mass is 396 g/mol. The van der Waals surface area contributed by atoms with Crippen molar-refractivity contribution in [2.24, 2.45) is 0 Å². The highest BCUT2D eigenvalue weighted by Gasteiger charge is 2.22. The van der Waals surface area contributed by atoms with Crippen LogP contribution in [0.1, 0.15) is 16.2 Å². The summed E-state index contributed by atoms with van der Waals surface area (Å²) in [6.45, 7) is 2.10. The SMILES string of the molecule is COc1ccc(OCc2cc(C(=O)N(C)CC3COCCO3)no2)c(Cl)c1. The molecule has 146 valence electrons. The Morgan fingerprint density at radius 2 is 2.22 bits per heavy atom. The Kier molecular flexibility index (Phi) is 6.54. The molecule has 1 fully saturated rings. The van der Waals surface area contributed by atoms with Gasteiger partial charge in [-0.15, -0.1) is 0 Å². The highest BCUT2D eigenvalue weighted by molar-refractivity contribution is 6.32. The number of rotatable bonds is 7. The van der Waals surface area contributed by atoms with Crippen LogP contribution in [0.4, 0.5) is 0 Å². The number of carbonyl (C=O) groups is 1. The number of carbonyl (C=O) groups excluding carboxylic acids is 1. The van der Waals surface area contributed by atoms with Crippen molar-refractivity contribution in [3.63, 3.8) is 0 Å². The minimum absolute atomic E-state index is 0.0929. The van der Waals surface area contributed by atoms with Gasteiger partial charge in [0.15, 0.2) is 11.5 Å². The molecule has 2 heterocycles. The molecule has 1 aliphatic rings. The minimum atomic E-state index is -0.262. The highest BCUT2D eigenvalue weighted by Crippen LogP contribution is 2.29. The molecule has 1 aromatic heterocycles. The number of likely N-dealkylation sites (N-methyl/N-ethyl adjacent to an activating group) is 1. The molecule has 2 aromatic rings. The third kappa shape index (κ3) is 5.12. The summed E-state index contributed by atoms with van der Waals surface area (Å²) in [6.07, 6.45) is -0.139. The van der Waals surface area contributed by atoms with Crippen molar-refractivity contribution in [2.45, 2.75) is 12.7 Å². The Bertz CT molecular complexity index is 775. The second-order valence-electron chi connectivity index (χ2n) is 6.02. The number of halogens is 1.